The molecule has 0 aliphatic rings. The first-order chi connectivity index (χ1) is 8.47. The van der Waals surface area contributed by atoms with Gasteiger partial charge in [0.25, 0.3) is 0 Å². The predicted octanol–water partition coefficient (Wildman–Crippen LogP) is 2.28. The summed E-state index contributed by atoms with van der Waals surface area (Å²) in [5.74, 6) is 0.669. The zero-order valence-corrected chi connectivity index (χ0v) is 11.4. The van der Waals surface area contributed by atoms with Crippen LogP contribution in [0.3, 0.4) is 0 Å². The van der Waals surface area contributed by atoms with E-state index in [4.69, 9.17) is 17.3 Å². The van der Waals surface area contributed by atoms with Crippen LogP contribution in [0, 0.1) is 13.8 Å². The number of hydrogen-bond acceptors (Lipinski definition) is 4. The maximum atomic E-state index is 5.85. The highest BCUT2D eigenvalue weighted by Gasteiger charge is 2.09. The molecule has 0 saturated carbocycles. The van der Waals surface area contributed by atoms with Crippen molar-refractivity contribution in [3.63, 3.8) is 0 Å². The standard InChI is InChI=1S/C12H16ClN5/c1-7-10(8(2)18(3)17-7)6-15-12-5-9(14)4-11(13)16-12/h4-5H,6H2,1-3H3,(H3,14,15,16). The van der Waals surface area contributed by atoms with Crippen LogP contribution < -0.4 is 11.1 Å². The van der Waals surface area contributed by atoms with Crippen LogP contribution in [-0.2, 0) is 13.6 Å². The van der Waals surface area contributed by atoms with Gasteiger partial charge in [0, 0.05) is 36.6 Å². The first kappa shape index (κ1) is 12.7. The molecule has 0 aliphatic heterocycles. The lowest BCUT2D eigenvalue weighted by molar-refractivity contribution is 0.730. The Labute approximate surface area is 111 Å². The van der Waals surface area contributed by atoms with Crippen LogP contribution in [-0.4, -0.2) is 14.8 Å². The summed E-state index contributed by atoms with van der Waals surface area (Å²) in [5.41, 5.74) is 9.62. The first-order valence-corrected chi connectivity index (χ1v) is 6.01. The van der Waals surface area contributed by atoms with E-state index < -0.39 is 0 Å². The van der Waals surface area contributed by atoms with E-state index >= 15 is 0 Å². The lowest BCUT2D eigenvalue weighted by atomic mass is 10.2. The third-order valence-electron chi connectivity index (χ3n) is 2.92. The molecule has 0 atom stereocenters. The summed E-state index contributed by atoms with van der Waals surface area (Å²) in [6.07, 6.45) is 0. The Morgan fingerprint density at radius 3 is 2.67 bits per heavy atom. The van der Waals surface area contributed by atoms with Gasteiger partial charge >= 0.3 is 0 Å². The van der Waals surface area contributed by atoms with Gasteiger partial charge in [-0.05, 0) is 19.9 Å². The second-order valence-electron chi connectivity index (χ2n) is 4.23. The molecular formula is C12H16ClN5. The minimum atomic E-state index is 0.386. The monoisotopic (exact) mass is 265 g/mol. The normalized spacial score (nSPS) is 10.7. The van der Waals surface area contributed by atoms with Gasteiger partial charge in [-0.2, -0.15) is 5.10 Å². The van der Waals surface area contributed by atoms with E-state index in [1.165, 1.54) is 0 Å². The molecule has 0 bridgehead atoms. The molecular weight excluding hydrogens is 250 g/mol. The number of pyridine rings is 1. The van der Waals surface area contributed by atoms with Crippen LogP contribution in [0.25, 0.3) is 0 Å². The average Bonchev–Trinajstić information content (AvgIpc) is 2.50. The van der Waals surface area contributed by atoms with Crippen LogP contribution in [0.4, 0.5) is 11.5 Å². The molecule has 0 amide bonds. The van der Waals surface area contributed by atoms with Crippen molar-refractivity contribution in [1.82, 2.24) is 14.8 Å². The van der Waals surface area contributed by atoms with E-state index in [9.17, 15) is 0 Å². The van der Waals surface area contributed by atoms with Crippen molar-refractivity contribution in [1.29, 1.82) is 0 Å². The second-order valence-corrected chi connectivity index (χ2v) is 4.62. The number of rotatable bonds is 3. The van der Waals surface area contributed by atoms with Crippen molar-refractivity contribution in [2.24, 2.45) is 7.05 Å². The quantitative estimate of drug-likeness (QED) is 0.836. The molecule has 0 radical (unpaired) electrons. The maximum Gasteiger partial charge on any atom is 0.133 e. The first-order valence-electron chi connectivity index (χ1n) is 5.63. The molecule has 18 heavy (non-hydrogen) atoms. The molecule has 3 N–H and O–H groups in total. The number of anilines is 2. The second kappa shape index (κ2) is 4.86. The molecule has 2 heterocycles. The summed E-state index contributed by atoms with van der Waals surface area (Å²) in [6.45, 7) is 4.68. The van der Waals surface area contributed by atoms with Gasteiger partial charge in [-0.1, -0.05) is 11.6 Å². The van der Waals surface area contributed by atoms with Crippen molar-refractivity contribution < 1.29 is 0 Å². The molecule has 0 spiro atoms. The number of nitrogens with one attached hydrogen (secondary N) is 1. The Bertz CT molecular complexity index is 556. The number of nitrogens with two attached hydrogens (primary N) is 1. The van der Waals surface area contributed by atoms with Crippen LogP contribution in [0.5, 0.6) is 0 Å². The molecule has 6 heteroatoms. The highest BCUT2D eigenvalue weighted by Crippen LogP contribution is 2.18. The van der Waals surface area contributed by atoms with Crippen LogP contribution in [0.2, 0.25) is 5.15 Å². The lowest BCUT2D eigenvalue weighted by Crippen LogP contribution is -2.04. The molecule has 5 nitrogen and oxygen atoms in total. The fourth-order valence-corrected chi connectivity index (χ4v) is 2.08. The maximum absolute atomic E-state index is 5.85. The van der Waals surface area contributed by atoms with Crippen molar-refractivity contribution in [2.75, 3.05) is 11.1 Å². The average molecular weight is 266 g/mol. The van der Waals surface area contributed by atoms with E-state index in [0.29, 0.717) is 23.2 Å². The molecule has 96 valence electrons. The minimum absolute atomic E-state index is 0.386. The van der Waals surface area contributed by atoms with E-state index in [2.05, 4.69) is 15.4 Å². The van der Waals surface area contributed by atoms with Crippen molar-refractivity contribution in [3.8, 4) is 0 Å². The number of halogens is 1. The Balaban J connectivity index is 2.16. The third-order valence-corrected chi connectivity index (χ3v) is 3.12. The Hall–Kier alpha value is -1.75. The fourth-order valence-electron chi connectivity index (χ4n) is 1.86. The molecule has 0 fully saturated rings. The summed E-state index contributed by atoms with van der Waals surface area (Å²) in [5, 5.41) is 7.96. The van der Waals surface area contributed by atoms with Gasteiger partial charge in [0.15, 0.2) is 0 Å². The molecule has 2 rings (SSSR count). The number of aromatic nitrogens is 3. The highest BCUT2D eigenvalue weighted by molar-refractivity contribution is 6.29. The van der Waals surface area contributed by atoms with Crippen molar-refractivity contribution in [3.05, 3.63) is 34.2 Å². The van der Waals surface area contributed by atoms with Gasteiger partial charge in [0.1, 0.15) is 11.0 Å². The number of hydrogen-bond donors (Lipinski definition) is 2. The van der Waals surface area contributed by atoms with Gasteiger partial charge in [-0.3, -0.25) is 4.68 Å². The summed E-state index contributed by atoms with van der Waals surface area (Å²) in [4.78, 5) is 4.16. The van der Waals surface area contributed by atoms with Gasteiger partial charge in [-0.15, -0.1) is 0 Å². The van der Waals surface area contributed by atoms with Crippen LogP contribution in [0.15, 0.2) is 12.1 Å². The van der Waals surface area contributed by atoms with Crippen LogP contribution >= 0.6 is 11.6 Å². The van der Waals surface area contributed by atoms with E-state index in [-0.39, 0.29) is 0 Å². The summed E-state index contributed by atoms with van der Waals surface area (Å²) in [6, 6.07) is 3.38. The minimum Gasteiger partial charge on any atom is -0.399 e. The van der Waals surface area contributed by atoms with Gasteiger partial charge in [0.2, 0.25) is 0 Å². The Morgan fingerprint density at radius 1 is 1.39 bits per heavy atom. The van der Waals surface area contributed by atoms with Gasteiger partial charge in [-0.25, -0.2) is 4.98 Å². The van der Waals surface area contributed by atoms with Crippen LogP contribution in [0.1, 0.15) is 17.0 Å². The lowest BCUT2D eigenvalue weighted by Gasteiger charge is -2.07. The largest absolute Gasteiger partial charge is 0.399 e. The smallest absolute Gasteiger partial charge is 0.133 e. The van der Waals surface area contributed by atoms with E-state index in [1.54, 1.807) is 12.1 Å². The third kappa shape index (κ3) is 2.56. The molecule has 2 aromatic heterocycles. The van der Waals surface area contributed by atoms with Gasteiger partial charge in [0.05, 0.1) is 5.69 Å². The zero-order valence-electron chi connectivity index (χ0n) is 10.7. The SMILES string of the molecule is Cc1nn(C)c(C)c1CNc1cc(N)cc(Cl)n1. The fraction of sp³-hybridized carbons (Fsp3) is 0.333. The Morgan fingerprint density at radius 2 is 2.11 bits per heavy atom. The van der Waals surface area contributed by atoms with Gasteiger partial charge < -0.3 is 11.1 Å². The molecule has 0 aliphatic carbocycles. The Kier molecular flexibility index (Phi) is 3.43. The number of aryl methyl sites for hydroxylation is 2. The number of nitrogens with zero attached hydrogens (tertiary/aromatic N) is 3. The van der Waals surface area contributed by atoms with E-state index in [1.807, 2.05) is 25.6 Å². The highest BCUT2D eigenvalue weighted by atomic mass is 35.5. The van der Waals surface area contributed by atoms with Crippen molar-refractivity contribution >= 4 is 23.1 Å². The topological polar surface area (TPSA) is 68.8 Å². The number of nitrogen functional groups attached to an aromatic ring is 1. The molecule has 0 saturated heterocycles. The molecule has 0 unspecified atom stereocenters. The summed E-state index contributed by atoms with van der Waals surface area (Å²) in [7, 11) is 1.93. The summed E-state index contributed by atoms with van der Waals surface area (Å²) < 4.78 is 1.87. The van der Waals surface area contributed by atoms with Crippen molar-refractivity contribution in [2.45, 2.75) is 20.4 Å². The zero-order chi connectivity index (χ0) is 13.3. The van der Waals surface area contributed by atoms with E-state index in [0.717, 1.165) is 17.0 Å². The molecule has 0 aromatic carbocycles. The predicted molar refractivity (Wildman–Crippen MR) is 73.7 cm³/mol. The summed E-state index contributed by atoms with van der Waals surface area (Å²) >= 11 is 5.85. The molecule has 2 aromatic rings.